The van der Waals surface area contributed by atoms with E-state index in [1.54, 1.807) is 7.11 Å². The van der Waals surface area contributed by atoms with Crippen molar-refractivity contribution in [3.63, 3.8) is 0 Å². The Labute approximate surface area is 97.6 Å². The summed E-state index contributed by atoms with van der Waals surface area (Å²) >= 11 is 0. The number of rotatable bonds is 9. The summed E-state index contributed by atoms with van der Waals surface area (Å²) in [5, 5.41) is 8.98. The molecule has 0 fully saturated rings. The topological polar surface area (TPSA) is 75.8 Å². The lowest BCUT2D eigenvalue weighted by atomic mass is 9.92. The maximum Gasteiger partial charge on any atom is 0.323 e. The third-order valence-electron chi connectivity index (χ3n) is 2.90. The Hall–Kier alpha value is -0.650. The molecule has 96 valence electrons. The van der Waals surface area contributed by atoms with Crippen LogP contribution in [0.15, 0.2) is 0 Å². The van der Waals surface area contributed by atoms with Crippen molar-refractivity contribution in [3.8, 4) is 0 Å². The molecule has 1 atom stereocenters. The average molecular weight is 232 g/mol. The fraction of sp³-hybridized carbons (Fsp3) is 0.909. The first kappa shape index (κ1) is 15.3. The van der Waals surface area contributed by atoms with Gasteiger partial charge in [0, 0.05) is 13.7 Å². The highest BCUT2D eigenvalue weighted by Gasteiger charge is 2.30. The Kier molecular flexibility index (Phi) is 7.29. The van der Waals surface area contributed by atoms with E-state index < -0.39 is 11.5 Å². The highest BCUT2D eigenvalue weighted by atomic mass is 16.5. The van der Waals surface area contributed by atoms with Gasteiger partial charge in [-0.2, -0.15) is 0 Å². The summed E-state index contributed by atoms with van der Waals surface area (Å²) < 4.78 is 4.96. The molecule has 5 heteroatoms. The number of methoxy groups -OCH3 is 1. The van der Waals surface area contributed by atoms with Gasteiger partial charge in [0.1, 0.15) is 5.54 Å². The van der Waals surface area contributed by atoms with Crippen LogP contribution in [0.3, 0.4) is 0 Å². The lowest BCUT2D eigenvalue weighted by molar-refractivity contribution is -0.143. The zero-order valence-electron chi connectivity index (χ0n) is 10.5. The second kappa shape index (κ2) is 7.60. The lowest BCUT2D eigenvalue weighted by Gasteiger charge is -2.24. The maximum atomic E-state index is 10.9. The molecule has 0 saturated heterocycles. The van der Waals surface area contributed by atoms with Crippen LogP contribution in [0, 0.1) is 0 Å². The number of nitrogens with two attached hydrogens (primary N) is 1. The van der Waals surface area contributed by atoms with Crippen LogP contribution < -0.4 is 5.73 Å². The van der Waals surface area contributed by atoms with Crippen molar-refractivity contribution in [3.05, 3.63) is 0 Å². The van der Waals surface area contributed by atoms with Crippen LogP contribution in [0.5, 0.6) is 0 Å². The molecule has 0 bridgehead atoms. The van der Waals surface area contributed by atoms with E-state index in [0.717, 1.165) is 19.5 Å². The monoisotopic (exact) mass is 232 g/mol. The molecule has 0 aromatic carbocycles. The number of aliphatic carboxylic acids is 1. The van der Waals surface area contributed by atoms with E-state index in [-0.39, 0.29) is 0 Å². The summed E-state index contributed by atoms with van der Waals surface area (Å²) in [7, 11) is 3.66. The zero-order valence-corrected chi connectivity index (χ0v) is 10.5. The number of carbonyl (C=O) groups is 1. The largest absolute Gasteiger partial charge is 0.480 e. The van der Waals surface area contributed by atoms with Gasteiger partial charge in [0.2, 0.25) is 0 Å². The number of ether oxygens (including phenoxy) is 1. The molecule has 0 aliphatic rings. The quantitative estimate of drug-likeness (QED) is 0.606. The van der Waals surface area contributed by atoms with Gasteiger partial charge in [-0.25, -0.2) is 0 Å². The van der Waals surface area contributed by atoms with Gasteiger partial charge in [-0.1, -0.05) is 6.92 Å². The average Bonchev–Trinajstić information content (AvgIpc) is 2.25. The van der Waals surface area contributed by atoms with E-state index in [0.29, 0.717) is 19.4 Å². The van der Waals surface area contributed by atoms with E-state index in [2.05, 4.69) is 4.90 Å². The molecular formula is C11H24N2O3. The van der Waals surface area contributed by atoms with Gasteiger partial charge in [0.05, 0.1) is 6.61 Å². The van der Waals surface area contributed by atoms with Gasteiger partial charge in [0.15, 0.2) is 0 Å². The Bertz CT molecular complexity index is 211. The fourth-order valence-electron chi connectivity index (χ4n) is 1.46. The zero-order chi connectivity index (χ0) is 12.6. The molecule has 16 heavy (non-hydrogen) atoms. The van der Waals surface area contributed by atoms with Crippen molar-refractivity contribution < 1.29 is 14.6 Å². The second-order valence-corrected chi connectivity index (χ2v) is 4.21. The van der Waals surface area contributed by atoms with Crippen molar-refractivity contribution in [1.82, 2.24) is 4.90 Å². The first-order chi connectivity index (χ1) is 7.46. The van der Waals surface area contributed by atoms with Crippen molar-refractivity contribution >= 4 is 5.97 Å². The van der Waals surface area contributed by atoms with E-state index >= 15 is 0 Å². The molecule has 0 aromatic rings. The van der Waals surface area contributed by atoms with Gasteiger partial charge in [-0.3, -0.25) is 4.79 Å². The van der Waals surface area contributed by atoms with Gasteiger partial charge in [-0.05, 0) is 32.9 Å². The molecule has 0 radical (unpaired) electrons. The second-order valence-electron chi connectivity index (χ2n) is 4.21. The summed E-state index contributed by atoms with van der Waals surface area (Å²) in [5.74, 6) is -0.908. The number of carboxylic acid groups (broad SMARTS) is 1. The fourth-order valence-corrected chi connectivity index (χ4v) is 1.46. The van der Waals surface area contributed by atoms with E-state index in [9.17, 15) is 4.79 Å². The minimum atomic E-state index is -1.07. The number of hydrogen-bond acceptors (Lipinski definition) is 4. The van der Waals surface area contributed by atoms with Crippen LogP contribution in [0.1, 0.15) is 26.2 Å². The summed E-state index contributed by atoms with van der Waals surface area (Å²) in [6.45, 7) is 4.20. The van der Waals surface area contributed by atoms with Crippen LogP contribution >= 0.6 is 0 Å². The Morgan fingerprint density at radius 2 is 2.12 bits per heavy atom. The Morgan fingerprint density at radius 3 is 2.56 bits per heavy atom. The number of nitrogens with zero attached hydrogens (tertiary/aromatic N) is 1. The molecule has 0 saturated carbocycles. The first-order valence-corrected chi connectivity index (χ1v) is 5.66. The Balaban J connectivity index is 3.82. The van der Waals surface area contributed by atoms with E-state index in [4.69, 9.17) is 15.6 Å². The molecule has 1 unspecified atom stereocenters. The highest BCUT2D eigenvalue weighted by Crippen LogP contribution is 2.14. The predicted molar refractivity (Wildman–Crippen MR) is 63.5 cm³/mol. The molecule has 0 aromatic heterocycles. The summed E-state index contributed by atoms with van der Waals surface area (Å²) in [6.07, 6.45) is 1.76. The first-order valence-electron chi connectivity index (χ1n) is 5.66. The van der Waals surface area contributed by atoms with Gasteiger partial charge < -0.3 is 20.5 Å². The van der Waals surface area contributed by atoms with Crippen molar-refractivity contribution in [2.45, 2.75) is 31.7 Å². The third-order valence-corrected chi connectivity index (χ3v) is 2.90. The van der Waals surface area contributed by atoms with Crippen molar-refractivity contribution in [2.75, 3.05) is 33.9 Å². The molecule has 0 spiro atoms. The minimum Gasteiger partial charge on any atom is -0.480 e. The molecule has 3 N–H and O–H groups in total. The highest BCUT2D eigenvalue weighted by molar-refractivity contribution is 5.78. The van der Waals surface area contributed by atoms with Crippen LogP contribution in [0.25, 0.3) is 0 Å². The molecule has 0 amide bonds. The van der Waals surface area contributed by atoms with E-state index in [1.807, 2.05) is 14.0 Å². The van der Waals surface area contributed by atoms with Gasteiger partial charge in [0.25, 0.3) is 0 Å². The number of likely N-dealkylation sites (N-methyl/N-ethyl adjacent to an activating group) is 1. The Morgan fingerprint density at radius 1 is 1.50 bits per heavy atom. The molecular weight excluding hydrogens is 208 g/mol. The maximum absolute atomic E-state index is 10.9. The summed E-state index contributed by atoms with van der Waals surface area (Å²) in [6, 6.07) is 0. The third kappa shape index (κ3) is 5.44. The van der Waals surface area contributed by atoms with Crippen LogP contribution in [0.2, 0.25) is 0 Å². The number of hydrogen-bond donors (Lipinski definition) is 2. The van der Waals surface area contributed by atoms with Crippen LogP contribution in [-0.2, 0) is 9.53 Å². The van der Waals surface area contributed by atoms with Gasteiger partial charge >= 0.3 is 5.97 Å². The summed E-state index contributed by atoms with van der Waals surface area (Å²) in [5.41, 5.74) is 4.72. The van der Waals surface area contributed by atoms with Crippen LogP contribution in [0.4, 0.5) is 0 Å². The summed E-state index contributed by atoms with van der Waals surface area (Å²) in [4.78, 5) is 13.1. The molecule has 0 aliphatic carbocycles. The van der Waals surface area contributed by atoms with E-state index in [1.165, 1.54) is 0 Å². The minimum absolute atomic E-state index is 0.462. The SMILES string of the molecule is CCC(N)(CCCN(C)CCOC)C(=O)O. The van der Waals surface area contributed by atoms with Crippen molar-refractivity contribution in [2.24, 2.45) is 5.73 Å². The molecule has 0 aliphatic heterocycles. The standard InChI is InChI=1S/C11H24N2O3/c1-4-11(12,10(14)15)6-5-7-13(2)8-9-16-3/h4-9,12H2,1-3H3,(H,14,15). The lowest BCUT2D eigenvalue weighted by Crippen LogP contribution is -2.47. The molecule has 5 nitrogen and oxygen atoms in total. The smallest absolute Gasteiger partial charge is 0.323 e. The molecule has 0 heterocycles. The normalized spacial score (nSPS) is 15.1. The number of carboxylic acids is 1. The molecule has 0 rings (SSSR count). The predicted octanol–water partition coefficient (Wildman–Crippen LogP) is 0.537. The van der Waals surface area contributed by atoms with Gasteiger partial charge in [-0.15, -0.1) is 0 Å². The van der Waals surface area contributed by atoms with Crippen molar-refractivity contribution in [1.29, 1.82) is 0 Å². The van der Waals surface area contributed by atoms with Crippen LogP contribution in [-0.4, -0.2) is 55.4 Å².